The molecule has 5 nitrogen and oxygen atoms in total. The van der Waals surface area contributed by atoms with E-state index in [4.69, 9.17) is 4.74 Å². The van der Waals surface area contributed by atoms with Crippen LogP contribution in [-0.4, -0.2) is 36.4 Å². The standard InChI is InChI=1S/C20H20N2O3/c1-25-17-8-6-16(7-9-17)22-19(23)12-18(20(22)24)21-11-10-14-4-2-3-5-15(14)13-21/h2-9,18H,10-13H2,1H3/t18-/m0/s1. The van der Waals surface area contributed by atoms with Crippen LogP contribution < -0.4 is 9.64 Å². The maximum Gasteiger partial charge on any atom is 0.251 e. The molecule has 0 unspecified atom stereocenters. The van der Waals surface area contributed by atoms with E-state index in [-0.39, 0.29) is 24.3 Å². The second-order valence-corrected chi connectivity index (χ2v) is 6.47. The van der Waals surface area contributed by atoms with Crippen molar-refractivity contribution in [3.05, 3.63) is 59.7 Å². The molecule has 2 aromatic carbocycles. The van der Waals surface area contributed by atoms with Crippen LogP contribution in [0.25, 0.3) is 0 Å². The predicted molar refractivity (Wildman–Crippen MR) is 94.4 cm³/mol. The number of hydrogen-bond acceptors (Lipinski definition) is 4. The normalized spacial score (nSPS) is 20.7. The molecule has 2 amide bonds. The smallest absolute Gasteiger partial charge is 0.251 e. The molecule has 0 N–H and O–H groups in total. The van der Waals surface area contributed by atoms with E-state index in [2.05, 4.69) is 17.0 Å². The molecule has 25 heavy (non-hydrogen) atoms. The predicted octanol–water partition coefficient (Wildman–Crippen LogP) is 2.39. The summed E-state index contributed by atoms with van der Waals surface area (Å²) >= 11 is 0. The van der Waals surface area contributed by atoms with Gasteiger partial charge in [0, 0.05) is 13.1 Å². The first-order chi connectivity index (χ1) is 12.2. The minimum absolute atomic E-state index is 0.130. The average Bonchev–Trinajstić information content (AvgIpc) is 2.96. The fraction of sp³-hybridized carbons (Fsp3) is 0.300. The topological polar surface area (TPSA) is 49.9 Å². The Morgan fingerprint density at radius 1 is 1.00 bits per heavy atom. The first-order valence-corrected chi connectivity index (χ1v) is 8.49. The zero-order valence-corrected chi connectivity index (χ0v) is 14.1. The van der Waals surface area contributed by atoms with Crippen molar-refractivity contribution < 1.29 is 14.3 Å². The number of methoxy groups -OCH3 is 1. The van der Waals surface area contributed by atoms with Crippen LogP contribution in [0.5, 0.6) is 5.75 Å². The lowest BCUT2D eigenvalue weighted by molar-refractivity contribution is -0.123. The van der Waals surface area contributed by atoms with Gasteiger partial charge in [0.15, 0.2) is 0 Å². The third-order valence-corrected chi connectivity index (χ3v) is 5.05. The van der Waals surface area contributed by atoms with Crippen molar-refractivity contribution in [3.8, 4) is 5.75 Å². The lowest BCUT2D eigenvalue weighted by Crippen LogP contribution is -2.44. The molecule has 0 radical (unpaired) electrons. The number of hydrogen-bond donors (Lipinski definition) is 0. The minimum Gasteiger partial charge on any atom is -0.497 e. The number of ether oxygens (including phenoxy) is 1. The Labute approximate surface area is 146 Å². The highest BCUT2D eigenvalue weighted by Gasteiger charge is 2.43. The van der Waals surface area contributed by atoms with Crippen LogP contribution in [0.1, 0.15) is 17.5 Å². The summed E-state index contributed by atoms with van der Waals surface area (Å²) in [6, 6.07) is 15.0. The van der Waals surface area contributed by atoms with Crippen LogP contribution in [0.15, 0.2) is 48.5 Å². The summed E-state index contributed by atoms with van der Waals surface area (Å²) in [6.07, 6.45) is 1.16. The molecule has 2 heterocycles. The van der Waals surface area contributed by atoms with Crippen LogP contribution in [0.3, 0.4) is 0 Å². The molecule has 128 valence electrons. The van der Waals surface area contributed by atoms with E-state index in [0.717, 1.165) is 19.5 Å². The fourth-order valence-corrected chi connectivity index (χ4v) is 3.69. The lowest BCUT2D eigenvalue weighted by atomic mass is 9.98. The maximum atomic E-state index is 12.9. The number of amides is 2. The van der Waals surface area contributed by atoms with Gasteiger partial charge in [0.1, 0.15) is 5.75 Å². The van der Waals surface area contributed by atoms with E-state index >= 15 is 0 Å². The van der Waals surface area contributed by atoms with E-state index in [1.807, 2.05) is 12.1 Å². The Bertz CT molecular complexity index is 816. The largest absolute Gasteiger partial charge is 0.497 e. The van der Waals surface area contributed by atoms with E-state index in [0.29, 0.717) is 11.4 Å². The summed E-state index contributed by atoms with van der Waals surface area (Å²) in [6.45, 7) is 1.52. The van der Waals surface area contributed by atoms with E-state index < -0.39 is 0 Å². The summed E-state index contributed by atoms with van der Waals surface area (Å²) in [5, 5.41) is 0. The summed E-state index contributed by atoms with van der Waals surface area (Å²) in [4.78, 5) is 28.8. The molecule has 1 fully saturated rings. The van der Waals surface area contributed by atoms with Crippen molar-refractivity contribution in [1.29, 1.82) is 0 Å². The lowest BCUT2D eigenvalue weighted by Gasteiger charge is -2.32. The van der Waals surface area contributed by atoms with Gasteiger partial charge in [0.25, 0.3) is 5.91 Å². The van der Waals surface area contributed by atoms with Crippen molar-refractivity contribution in [3.63, 3.8) is 0 Å². The number of carbonyl (C=O) groups is 2. The van der Waals surface area contributed by atoms with Crippen molar-refractivity contribution in [2.75, 3.05) is 18.6 Å². The van der Waals surface area contributed by atoms with Crippen molar-refractivity contribution in [1.82, 2.24) is 4.90 Å². The molecule has 2 aliphatic rings. The molecule has 2 aliphatic heterocycles. The fourth-order valence-electron chi connectivity index (χ4n) is 3.69. The molecular weight excluding hydrogens is 316 g/mol. The Balaban J connectivity index is 1.55. The number of rotatable bonds is 3. The second-order valence-electron chi connectivity index (χ2n) is 6.47. The van der Waals surface area contributed by atoms with Gasteiger partial charge in [-0.15, -0.1) is 0 Å². The summed E-state index contributed by atoms with van der Waals surface area (Å²) < 4.78 is 5.14. The number of carbonyl (C=O) groups excluding carboxylic acids is 2. The van der Waals surface area contributed by atoms with Gasteiger partial charge in [-0.1, -0.05) is 24.3 Å². The van der Waals surface area contributed by atoms with E-state index in [9.17, 15) is 9.59 Å². The van der Waals surface area contributed by atoms with Crippen LogP contribution in [0, 0.1) is 0 Å². The monoisotopic (exact) mass is 336 g/mol. The number of fused-ring (bicyclic) bond motifs is 1. The highest BCUT2D eigenvalue weighted by molar-refractivity contribution is 6.22. The minimum atomic E-state index is -0.372. The molecule has 0 bridgehead atoms. The SMILES string of the molecule is COc1ccc(N2C(=O)C[C@H](N3CCc4ccccc4C3)C2=O)cc1. The highest BCUT2D eigenvalue weighted by atomic mass is 16.5. The summed E-state index contributed by atoms with van der Waals surface area (Å²) in [5.41, 5.74) is 3.19. The summed E-state index contributed by atoms with van der Waals surface area (Å²) in [5.74, 6) is 0.431. The van der Waals surface area contributed by atoms with Gasteiger partial charge in [-0.25, -0.2) is 4.90 Å². The Morgan fingerprint density at radius 2 is 1.72 bits per heavy atom. The third kappa shape index (κ3) is 2.81. The molecule has 0 saturated carbocycles. The third-order valence-electron chi connectivity index (χ3n) is 5.05. The van der Waals surface area contributed by atoms with Gasteiger partial charge in [-0.3, -0.25) is 14.5 Å². The Morgan fingerprint density at radius 3 is 2.44 bits per heavy atom. The van der Waals surface area contributed by atoms with Gasteiger partial charge >= 0.3 is 0 Å². The van der Waals surface area contributed by atoms with Crippen LogP contribution in [-0.2, 0) is 22.6 Å². The quantitative estimate of drug-likeness (QED) is 0.808. The highest BCUT2D eigenvalue weighted by Crippen LogP contribution is 2.30. The number of benzene rings is 2. The average molecular weight is 336 g/mol. The molecule has 2 aromatic rings. The van der Waals surface area contributed by atoms with Gasteiger partial charge in [0.2, 0.25) is 5.91 Å². The molecule has 5 heteroatoms. The van der Waals surface area contributed by atoms with Crippen LogP contribution >= 0.6 is 0 Å². The molecule has 0 aliphatic carbocycles. The van der Waals surface area contributed by atoms with Gasteiger partial charge < -0.3 is 4.74 Å². The molecule has 1 atom stereocenters. The van der Waals surface area contributed by atoms with Gasteiger partial charge in [-0.05, 0) is 41.8 Å². The molecule has 0 spiro atoms. The van der Waals surface area contributed by atoms with Crippen LogP contribution in [0.2, 0.25) is 0 Å². The zero-order chi connectivity index (χ0) is 17.4. The van der Waals surface area contributed by atoms with Crippen LogP contribution in [0.4, 0.5) is 5.69 Å². The second kappa shape index (κ2) is 6.33. The van der Waals surface area contributed by atoms with Crippen molar-refractivity contribution in [2.45, 2.75) is 25.4 Å². The first kappa shape index (κ1) is 15.8. The van der Waals surface area contributed by atoms with Crippen molar-refractivity contribution >= 4 is 17.5 Å². The molecule has 1 saturated heterocycles. The molecule has 0 aromatic heterocycles. The number of imide groups is 1. The van der Waals surface area contributed by atoms with Gasteiger partial charge in [0.05, 0.1) is 25.3 Å². The van der Waals surface area contributed by atoms with Gasteiger partial charge in [-0.2, -0.15) is 0 Å². The van der Waals surface area contributed by atoms with E-state index in [1.165, 1.54) is 16.0 Å². The Hall–Kier alpha value is -2.66. The van der Waals surface area contributed by atoms with Crippen molar-refractivity contribution in [2.24, 2.45) is 0 Å². The van der Waals surface area contributed by atoms with E-state index in [1.54, 1.807) is 31.4 Å². The summed E-state index contributed by atoms with van der Waals surface area (Å²) in [7, 11) is 1.59. The maximum absolute atomic E-state index is 12.9. The number of anilines is 1. The Kier molecular flexibility index (Phi) is 4.01. The number of nitrogens with zero attached hydrogens (tertiary/aromatic N) is 2. The molecule has 4 rings (SSSR count). The molecular formula is C20H20N2O3. The zero-order valence-electron chi connectivity index (χ0n) is 14.1. The first-order valence-electron chi connectivity index (χ1n) is 8.49.